The van der Waals surface area contributed by atoms with Gasteiger partial charge in [-0.1, -0.05) is 32.0 Å². The van der Waals surface area contributed by atoms with E-state index < -0.39 is 0 Å². The fourth-order valence-electron chi connectivity index (χ4n) is 1.40. The van der Waals surface area contributed by atoms with Crippen molar-refractivity contribution in [1.82, 2.24) is 10.9 Å². The number of amides is 1. The summed E-state index contributed by atoms with van der Waals surface area (Å²) in [6.07, 6.45) is 5.87. The molecule has 1 unspecified atom stereocenters. The zero-order valence-electron chi connectivity index (χ0n) is 10.2. The molecule has 0 aliphatic carbocycles. The van der Waals surface area contributed by atoms with E-state index in [9.17, 15) is 4.79 Å². The average Bonchev–Trinajstić information content (AvgIpc) is 2.34. The van der Waals surface area contributed by atoms with Gasteiger partial charge in [-0.05, 0) is 18.1 Å². The third-order valence-corrected chi connectivity index (χ3v) is 2.55. The van der Waals surface area contributed by atoms with Crippen LogP contribution in [0, 0.1) is 18.3 Å². The topological polar surface area (TPSA) is 41.1 Å². The Hall–Kier alpha value is -1.79. The number of hydrazine groups is 1. The Balaban J connectivity index is 2.50. The number of carbonyl (C=O) groups is 1. The molecule has 0 aliphatic rings. The minimum Gasteiger partial charge on any atom is -0.287 e. The number of rotatable bonds is 5. The summed E-state index contributed by atoms with van der Waals surface area (Å²) in [6, 6.07) is 9.16. The van der Waals surface area contributed by atoms with Crippen LogP contribution < -0.4 is 10.9 Å². The molecule has 1 atom stereocenters. The van der Waals surface area contributed by atoms with Crippen molar-refractivity contribution in [2.75, 3.05) is 0 Å². The van der Waals surface area contributed by atoms with Gasteiger partial charge in [-0.3, -0.25) is 10.2 Å². The molecular weight excluding hydrogens is 212 g/mol. The Morgan fingerprint density at radius 2 is 2.00 bits per heavy atom. The first-order valence-corrected chi connectivity index (χ1v) is 5.69. The highest BCUT2D eigenvalue weighted by atomic mass is 16.2. The van der Waals surface area contributed by atoms with Crippen molar-refractivity contribution in [3.8, 4) is 12.3 Å². The maximum atomic E-state index is 11.8. The number of carbonyl (C=O) groups excluding carboxylic acids is 1. The first kappa shape index (κ1) is 13.3. The van der Waals surface area contributed by atoms with Gasteiger partial charge < -0.3 is 0 Å². The van der Waals surface area contributed by atoms with E-state index in [1.54, 1.807) is 12.1 Å². The Morgan fingerprint density at radius 1 is 1.35 bits per heavy atom. The minimum atomic E-state index is -0.145. The molecule has 3 nitrogen and oxygen atoms in total. The lowest BCUT2D eigenvalue weighted by molar-refractivity contribution is 0.0920. The molecule has 0 aromatic heterocycles. The average molecular weight is 230 g/mol. The quantitative estimate of drug-likeness (QED) is 0.600. The third kappa shape index (κ3) is 4.29. The van der Waals surface area contributed by atoms with Gasteiger partial charge >= 0.3 is 0 Å². The van der Waals surface area contributed by atoms with Crippen LogP contribution in [0.2, 0.25) is 0 Å². The normalized spacial score (nSPS) is 11.9. The van der Waals surface area contributed by atoms with E-state index in [1.807, 2.05) is 18.2 Å². The first-order valence-electron chi connectivity index (χ1n) is 5.69. The Labute approximate surface area is 103 Å². The molecule has 17 heavy (non-hydrogen) atoms. The van der Waals surface area contributed by atoms with Gasteiger partial charge in [0.05, 0.1) is 0 Å². The monoisotopic (exact) mass is 230 g/mol. The Kier molecular flexibility index (Phi) is 5.25. The summed E-state index contributed by atoms with van der Waals surface area (Å²) in [5, 5.41) is 0. The fourth-order valence-corrected chi connectivity index (χ4v) is 1.40. The molecule has 0 saturated carbocycles. The van der Waals surface area contributed by atoms with Gasteiger partial charge in [0.1, 0.15) is 0 Å². The largest absolute Gasteiger partial charge is 0.287 e. The first-order chi connectivity index (χ1) is 8.15. The lowest BCUT2D eigenvalue weighted by Gasteiger charge is -2.20. The van der Waals surface area contributed by atoms with E-state index in [-0.39, 0.29) is 11.9 Å². The third-order valence-electron chi connectivity index (χ3n) is 2.55. The molecule has 1 aromatic rings. The van der Waals surface area contributed by atoms with E-state index >= 15 is 0 Å². The molecule has 90 valence electrons. The van der Waals surface area contributed by atoms with Gasteiger partial charge in [0, 0.05) is 18.0 Å². The molecule has 0 aliphatic heterocycles. The molecular formula is C14H18N2O. The molecule has 1 amide bonds. The van der Waals surface area contributed by atoms with Crippen LogP contribution in [0.25, 0.3) is 0 Å². The highest BCUT2D eigenvalue weighted by Gasteiger charge is 2.13. The van der Waals surface area contributed by atoms with Gasteiger partial charge in [-0.2, -0.15) is 0 Å². The molecule has 3 heteroatoms. The molecule has 0 spiro atoms. The minimum absolute atomic E-state index is 0.0904. The van der Waals surface area contributed by atoms with Crippen molar-refractivity contribution < 1.29 is 4.79 Å². The summed E-state index contributed by atoms with van der Waals surface area (Å²) in [7, 11) is 0. The smallest absolute Gasteiger partial charge is 0.265 e. The SMILES string of the molecule is C#CCC(NNC(=O)c1ccccc1)C(C)C. The summed E-state index contributed by atoms with van der Waals surface area (Å²) < 4.78 is 0. The van der Waals surface area contributed by atoms with E-state index in [0.717, 1.165) is 0 Å². The second-order valence-electron chi connectivity index (χ2n) is 4.22. The van der Waals surface area contributed by atoms with E-state index in [1.165, 1.54) is 0 Å². The van der Waals surface area contributed by atoms with E-state index in [2.05, 4.69) is 30.6 Å². The van der Waals surface area contributed by atoms with E-state index in [4.69, 9.17) is 6.42 Å². The van der Waals surface area contributed by atoms with Crippen LogP contribution in [0.1, 0.15) is 30.6 Å². The Morgan fingerprint density at radius 3 is 2.53 bits per heavy atom. The fraction of sp³-hybridized carbons (Fsp3) is 0.357. The number of hydrogen-bond acceptors (Lipinski definition) is 2. The highest BCUT2D eigenvalue weighted by Crippen LogP contribution is 2.04. The molecule has 1 rings (SSSR count). The molecule has 0 saturated heterocycles. The molecule has 0 fully saturated rings. The van der Waals surface area contributed by atoms with Crippen LogP contribution in [0.5, 0.6) is 0 Å². The van der Waals surface area contributed by atoms with Crippen LogP contribution in [0.3, 0.4) is 0 Å². The standard InChI is InChI=1S/C14H18N2O/c1-4-8-13(11(2)3)15-16-14(17)12-9-6-5-7-10-12/h1,5-7,9-11,13,15H,8H2,2-3H3,(H,16,17). The predicted octanol–water partition coefficient (Wildman–Crippen LogP) is 1.97. The van der Waals surface area contributed by atoms with Crippen molar-refractivity contribution in [3.63, 3.8) is 0 Å². The molecule has 0 bridgehead atoms. The lowest BCUT2D eigenvalue weighted by atomic mass is 10.0. The number of benzene rings is 1. The van der Waals surface area contributed by atoms with Crippen LogP contribution in [0.15, 0.2) is 30.3 Å². The summed E-state index contributed by atoms with van der Waals surface area (Å²) in [6.45, 7) is 4.12. The van der Waals surface area contributed by atoms with Crippen LogP contribution in [0.4, 0.5) is 0 Å². The van der Waals surface area contributed by atoms with Crippen LogP contribution in [-0.2, 0) is 0 Å². The second kappa shape index (κ2) is 6.72. The Bertz CT molecular complexity index is 392. The molecule has 0 heterocycles. The van der Waals surface area contributed by atoms with Crippen molar-refractivity contribution in [2.24, 2.45) is 5.92 Å². The van der Waals surface area contributed by atoms with Crippen molar-refractivity contribution in [1.29, 1.82) is 0 Å². The van der Waals surface area contributed by atoms with Gasteiger partial charge in [0.2, 0.25) is 0 Å². The van der Waals surface area contributed by atoms with Gasteiger partial charge in [0.25, 0.3) is 5.91 Å². The molecule has 2 N–H and O–H groups in total. The van der Waals surface area contributed by atoms with Crippen LogP contribution >= 0.6 is 0 Å². The highest BCUT2D eigenvalue weighted by molar-refractivity contribution is 5.93. The summed E-state index contributed by atoms with van der Waals surface area (Å²) >= 11 is 0. The summed E-state index contributed by atoms with van der Waals surface area (Å²) in [4.78, 5) is 11.8. The van der Waals surface area contributed by atoms with Crippen molar-refractivity contribution in [2.45, 2.75) is 26.3 Å². The zero-order chi connectivity index (χ0) is 12.7. The van der Waals surface area contributed by atoms with E-state index in [0.29, 0.717) is 17.9 Å². The van der Waals surface area contributed by atoms with Crippen LogP contribution in [-0.4, -0.2) is 11.9 Å². The second-order valence-corrected chi connectivity index (χ2v) is 4.22. The van der Waals surface area contributed by atoms with Crippen molar-refractivity contribution in [3.05, 3.63) is 35.9 Å². The maximum absolute atomic E-state index is 11.8. The van der Waals surface area contributed by atoms with Crippen molar-refractivity contribution >= 4 is 5.91 Å². The number of hydrogen-bond donors (Lipinski definition) is 2. The van der Waals surface area contributed by atoms with Gasteiger partial charge in [-0.25, -0.2) is 5.43 Å². The maximum Gasteiger partial charge on any atom is 0.265 e. The van der Waals surface area contributed by atoms with Gasteiger partial charge in [0.15, 0.2) is 0 Å². The predicted molar refractivity (Wildman–Crippen MR) is 69.1 cm³/mol. The zero-order valence-corrected chi connectivity index (χ0v) is 10.2. The number of terminal acetylenes is 1. The lowest BCUT2D eigenvalue weighted by Crippen LogP contribution is -2.46. The molecule has 1 aromatic carbocycles. The summed E-state index contributed by atoms with van der Waals surface area (Å²) in [5.74, 6) is 2.82. The number of nitrogens with one attached hydrogen (secondary N) is 2. The van der Waals surface area contributed by atoms with Gasteiger partial charge in [-0.15, -0.1) is 12.3 Å². The summed E-state index contributed by atoms with van der Waals surface area (Å²) in [5.41, 5.74) is 6.28. The molecule has 0 radical (unpaired) electrons.